The monoisotopic (exact) mass is 428 g/mol. The van der Waals surface area contributed by atoms with Crippen LogP contribution in [0.1, 0.15) is 12.0 Å². The Hall–Kier alpha value is -3.26. The molecule has 30 heavy (non-hydrogen) atoms. The van der Waals surface area contributed by atoms with Crippen molar-refractivity contribution in [1.82, 2.24) is 0 Å². The predicted molar refractivity (Wildman–Crippen MR) is 110 cm³/mol. The summed E-state index contributed by atoms with van der Waals surface area (Å²) >= 11 is 0. The van der Waals surface area contributed by atoms with Crippen LogP contribution in [0.25, 0.3) is 0 Å². The summed E-state index contributed by atoms with van der Waals surface area (Å²) in [6, 6.07) is 15.9. The van der Waals surface area contributed by atoms with Crippen LogP contribution in [-0.2, 0) is 21.2 Å². The number of benzene rings is 3. The molecule has 1 N–H and O–H groups in total. The molecule has 1 heterocycles. The van der Waals surface area contributed by atoms with E-state index in [1.807, 2.05) is 0 Å². The standard InChI is InChI=1S/C22H18F2N2O3S/c23-16-10-12-17(13-11-16)30(28,29)26-20-8-4-1-5-15(20)9-14-21(26)22(27)25-19-7-3-2-6-18(19)24/h1-8,10-13,21H,9,14H2,(H,25,27)/t21-/m1/s1. The molecular weight excluding hydrogens is 410 g/mol. The highest BCUT2D eigenvalue weighted by Crippen LogP contribution is 2.36. The van der Waals surface area contributed by atoms with Crippen molar-refractivity contribution >= 4 is 27.3 Å². The van der Waals surface area contributed by atoms with Crippen LogP contribution in [0.3, 0.4) is 0 Å². The zero-order valence-electron chi connectivity index (χ0n) is 15.8. The molecule has 1 aliphatic heterocycles. The van der Waals surface area contributed by atoms with Gasteiger partial charge >= 0.3 is 0 Å². The fraction of sp³-hybridized carbons (Fsp3) is 0.136. The number of fused-ring (bicyclic) bond motifs is 1. The minimum absolute atomic E-state index is 0.0273. The van der Waals surface area contributed by atoms with Gasteiger partial charge in [-0.1, -0.05) is 30.3 Å². The van der Waals surface area contributed by atoms with E-state index in [9.17, 15) is 22.0 Å². The van der Waals surface area contributed by atoms with Gasteiger partial charge in [0.05, 0.1) is 16.3 Å². The van der Waals surface area contributed by atoms with Crippen LogP contribution in [0.15, 0.2) is 77.7 Å². The van der Waals surface area contributed by atoms with Gasteiger partial charge in [-0.2, -0.15) is 0 Å². The average Bonchev–Trinajstić information content (AvgIpc) is 2.74. The van der Waals surface area contributed by atoms with Crippen molar-refractivity contribution in [3.63, 3.8) is 0 Å². The van der Waals surface area contributed by atoms with E-state index in [4.69, 9.17) is 0 Å². The maximum Gasteiger partial charge on any atom is 0.265 e. The molecule has 0 saturated heterocycles. The molecule has 154 valence electrons. The molecule has 5 nitrogen and oxygen atoms in total. The summed E-state index contributed by atoms with van der Waals surface area (Å²) in [5.74, 6) is -1.82. The van der Waals surface area contributed by atoms with E-state index in [1.165, 1.54) is 18.2 Å². The smallest absolute Gasteiger partial charge is 0.265 e. The Labute approximate surface area is 173 Å². The molecule has 1 aliphatic rings. The molecule has 0 radical (unpaired) electrons. The van der Waals surface area contributed by atoms with Crippen molar-refractivity contribution in [2.75, 3.05) is 9.62 Å². The third kappa shape index (κ3) is 3.66. The van der Waals surface area contributed by atoms with E-state index < -0.39 is 33.6 Å². The minimum atomic E-state index is -4.18. The topological polar surface area (TPSA) is 66.5 Å². The van der Waals surface area contributed by atoms with Crippen LogP contribution in [0.5, 0.6) is 0 Å². The van der Waals surface area contributed by atoms with Crippen LogP contribution < -0.4 is 9.62 Å². The Morgan fingerprint density at radius 3 is 2.33 bits per heavy atom. The first-order valence-corrected chi connectivity index (χ1v) is 10.8. The van der Waals surface area contributed by atoms with E-state index in [0.29, 0.717) is 12.1 Å². The van der Waals surface area contributed by atoms with E-state index in [0.717, 1.165) is 34.1 Å². The highest BCUT2D eigenvalue weighted by molar-refractivity contribution is 7.93. The molecule has 0 fully saturated rings. The molecule has 0 aliphatic carbocycles. The van der Waals surface area contributed by atoms with E-state index in [1.54, 1.807) is 30.3 Å². The fourth-order valence-corrected chi connectivity index (χ4v) is 5.23. The van der Waals surface area contributed by atoms with Crippen LogP contribution in [0.4, 0.5) is 20.2 Å². The number of hydrogen-bond donors (Lipinski definition) is 1. The summed E-state index contributed by atoms with van der Waals surface area (Å²) in [6.07, 6.45) is 0.707. The summed E-state index contributed by atoms with van der Waals surface area (Å²) < 4.78 is 55.3. The largest absolute Gasteiger partial charge is 0.322 e. The van der Waals surface area contributed by atoms with Crippen molar-refractivity contribution in [2.45, 2.75) is 23.8 Å². The molecule has 0 saturated carbocycles. The Balaban J connectivity index is 1.77. The number of aryl methyl sites for hydroxylation is 1. The maximum atomic E-state index is 14.0. The number of nitrogens with zero attached hydrogens (tertiary/aromatic N) is 1. The molecule has 3 aromatic rings. The van der Waals surface area contributed by atoms with Crippen LogP contribution in [0, 0.1) is 11.6 Å². The predicted octanol–water partition coefficient (Wildman–Crippen LogP) is 4.11. The van der Waals surface area contributed by atoms with Crippen molar-refractivity contribution in [1.29, 1.82) is 0 Å². The van der Waals surface area contributed by atoms with Gasteiger partial charge < -0.3 is 5.32 Å². The number of hydrogen-bond acceptors (Lipinski definition) is 3. The average molecular weight is 428 g/mol. The van der Waals surface area contributed by atoms with Gasteiger partial charge in [0, 0.05) is 0 Å². The molecular formula is C22H18F2N2O3S. The van der Waals surface area contributed by atoms with Gasteiger partial charge in [0.25, 0.3) is 10.0 Å². The van der Waals surface area contributed by atoms with Crippen molar-refractivity contribution in [3.05, 3.63) is 90.0 Å². The lowest BCUT2D eigenvalue weighted by Gasteiger charge is -2.36. The number of anilines is 2. The van der Waals surface area contributed by atoms with Crippen molar-refractivity contribution in [3.8, 4) is 0 Å². The van der Waals surface area contributed by atoms with Crippen LogP contribution in [-0.4, -0.2) is 20.4 Å². The molecule has 3 aromatic carbocycles. The molecule has 0 spiro atoms. The maximum absolute atomic E-state index is 14.0. The molecule has 0 unspecified atom stereocenters. The molecule has 8 heteroatoms. The third-order valence-electron chi connectivity index (χ3n) is 5.00. The number of nitrogens with one attached hydrogen (secondary N) is 1. The fourth-order valence-electron chi connectivity index (χ4n) is 3.55. The highest BCUT2D eigenvalue weighted by Gasteiger charge is 2.40. The van der Waals surface area contributed by atoms with Gasteiger partial charge in [-0.05, 0) is 60.9 Å². The Morgan fingerprint density at radius 1 is 0.933 bits per heavy atom. The lowest BCUT2D eigenvalue weighted by Crippen LogP contribution is -2.50. The van der Waals surface area contributed by atoms with Gasteiger partial charge in [0.1, 0.15) is 17.7 Å². The highest BCUT2D eigenvalue weighted by atomic mass is 32.2. The first-order chi connectivity index (χ1) is 14.4. The summed E-state index contributed by atoms with van der Waals surface area (Å²) in [5, 5.41) is 2.49. The van der Waals surface area contributed by atoms with E-state index in [-0.39, 0.29) is 17.0 Å². The quantitative estimate of drug-likeness (QED) is 0.680. The summed E-state index contributed by atoms with van der Waals surface area (Å²) in [6.45, 7) is 0. The van der Waals surface area contributed by atoms with Gasteiger partial charge in [0.2, 0.25) is 5.91 Å². The lowest BCUT2D eigenvalue weighted by molar-refractivity contribution is -0.117. The van der Waals surface area contributed by atoms with Crippen LogP contribution in [0.2, 0.25) is 0 Å². The first-order valence-electron chi connectivity index (χ1n) is 9.31. The van der Waals surface area contributed by atoms with Crippen LogP contribution >= 0.6 is 0 Å². The van der Waals surface area contributed by atoms with Gasteiger partial charge in [-0.3, -0.25) is 9.10 Å². The van der Waals surface area contributed by atoms with Gasteiger partial charge in [-0.25, -0.2) is 17.2 Å². The second-order valence-electron chi connectivity index (χ2n) is 6.91. The number of sulfonamides is 1. The summed E-state index contributed by atoms with van der Waals surface area (Å²) in [4.78, 5) is 12.9. The number of carbonyl (C=O) groups is 1. The molecule has 4 rings (SSSR count). The molecule has 1 atom stereocenters. The van der Waals surface area contributed by atoms with Gasteiger partial charge in [-0.15, -0.1) is 0 Å². The zero-order valence-corrected chi connectivity index (χ0v) is 16.6. The second kappa shape index (κ2) is 7.87. The summed E-state index contributed by atoms with van der Waals surface area (Å²) in [5.41, 5.74) is 1.13. The lowest BCUT2D eigenvalue weighted by atomic mass is 9.97. The van der Waals surface area contributed by atoms with Crippen molar-refractivity contribution in [2.24, 2.45) is 0 Å². The molecule has 0 aromatic heterocycles. The van der Waals surface area contributed by atoms with E-state index in [2.05, 4.69) is 5.32 Å². The number of rotatable bonds is 4. The normalized spacial score (nSPS) is 16.1. The summed E-state index contributed by atoms with van der Waals surface area (Å²) in [7, 11) is -4.18. The molecule has 1 amide bonds. The SMILES string of the molecule is O=C(Nc1ccccc1F)[C@H]1CCc2ccccc2N1S(=O)(=O)c1ccc(F)cc1. The third-order valence-corrected chi connectivity index (χ3v) is 6.84. The Kier molecular flexibility index (Phi) is 5.26. The van der Waals surface area contributed by atoms with Crippen molar-refractivity contribution < 1.29 is 22.0 Å². The minimum Gasteiger partial charge on any atom is -0.322 e. The van der Waals surface area contributed by atoms with E-state index >= 15 is 0 Å². The Morgan fingerprint density at radius 2 is 1.60 bits per heavy atom. The van der Waals surface area contributed by atoms with Gasteiger partial charge in [0.15, 0.2) is 0 Å². The second-order valence-corrected chi connectivity index (χ2v) is 8.72. The number of amides is 1. The number of halogens is 2. The number of para-hydroxylation sites is 2. The Bertz CT molecular complexity index is 1200. The first kappa shape index (κ1) is 20.0. The molecule has 0 bridgehead atoms. The zero-order chi connectivity index (χ0) is 21.3. The number of carbonyl (C=O) groups excluding carboxylic acids is 1.